The Morgan fingerprint density at radius 3 is 2.67 bits per heavy atom. The second-order valence-corrected chi connectivity index (χ2v) is 5.44. The Balaban J connectivity index is 2.05. The van der Waals surface area contributed by atoms with Gasteiger partial charge in [0.2, 0.25) is 0 Å². The number of hydrogen-bond donors (Lipinski definition) is 0. The summed E-state index contributed by atoms with van der Waals surface area (Å²) in [6, 6.07) is 8.13. The average Bonchev–Trinajstić information content (AvgIpc) is 2.54. The molecule has 114 valence electrons. The minimum Gasteiger partial charge on any atom is -0.490 e. The van der Waals surface area contributed by atoms with E-state index in [1.807, 2.05) is 19.1 Å². The number of carbonyl (C=O) groups is 1. The molecule has 1 fully saturated rings. The Labute approximate surface area is 127 Å². The van der Waals surface area contributed by atoms with Crippen LogP contribution < -0.4 is 4.74 Å². The fourth-order valence-electron chi connectivity index (χ4n) is 2.84. The van der Waals surface area contributed by atoms with Gasteiger partial charge in [-0.2, -0.15) is 0 Å². The van der Waals surface area contributed by atoms with E-state index >= 15 is 0 Å². The summed E-state index contributed by atoms with van der Waals surface area (Å²) in [5, 5.41) is 0. The molecule has 3 heteroatoms. The van der Waals surface area contributed by atoms with Crippen LogP contribution in [0.2, 0.25) is 0 Å². The smallest absolute Gasteiger partial charge is 0.305 e. The predicted octanol–water partition coefficient (Wildman–Crippen LogP) is 4.23. The van der Waals surface area contributed by atoms with Crippen LogP contribution in [0, 0.1) is 0 Å². The van der Waals surface area contributed by atoms with Gasteiger partial charge in [-0.15, -0.1) is 0 Å². The van der Waals surface area contributed by atoms with Crippen molar-refractivity contribution in [3.05, 3.63) is 42.5 Å². The third-order valence-corrected chi connectivity index (χ3v) is 3.95. The Hall–Kier alpha value is -1.77. The second-order valence-electron chi connectivity index (χ2n) is 5.44. The molecule has 2 atom stereocenters. The third kappa shape index (κ3) is 4.35. The van der Waals surface area contributed by atoms with Crippen LogP contribution >= 0.6 is 0 Å². The molecule has 0 heterocycles. The molecule has 0 N–H and O–H groups in total. The van der Waals surface area contributed by atoms with Crippen molar-refractivity contribution in [3.63, 3.8) is 0 Å². The Kier molecular flexibility index (Phi) is 5.85. The fraction of sp³-hybridized carbons (Fsp3) is 0.500. The second kappa shape index (κ2) is 7.87. The zero-order chi connectivity index (χ0) is 15.1. The van der Waals surface area contributed by atoms with Crippen LogP contribution in [0.15, 0.2) is 36.9 Å². The topological polar surface area (TPSA) is 35.5 Å². The van der Waals surface area contributed by atoms with E-state index in [1.165, 1.54) is 12.0 Å². The van der Waals surface area contributed by atoms with Crippen LogP contribution in [0.3, 0.4) is 0 Å². The maximum Gasteiger partial charge on any atom is 0.305 e. The van der Waals surface area contributed by atoms with E-state index in [4.69, 9.17) is 9.47 Å². The zero-order valence-electron chi connectivity index (χ0n) is 12.7. The van der Waals surface area contributed by atoms with E-state index in [9.17, 15) is 4.79 Å². The van der Waals surface area contributed by atoms with Crippen LogP contribution in [0.4, 0.5) is 0 Å². The monoisotopic (exact) mass is 288 g/mol. The molecule has 0 aliphatic heterocycles. The number of benzene rings is 1. The van der Waals surface area contributed by atoms with Gasteiger partial charge < -0.3 is 9.47 Å². The lowest BCUT2D eigenvalue weighted by molar-refractivity contribution is -0.151. The van der Waals surface area contributed by atoms with Crippen molar-refractivity contribution >= 4 is 5.97 Å². The van der Waals surface area contributed by atoms with Gasteiger partial charge in [-0.25, -0.2) is 0 Å². The molecule has 0 spiro atoms. The molecule has 2 rings (SSSR count). The molecule has 2 unspecified atom stereocenters. The summed E-state index contributed by atoms with van der Waals surface area (Å²) in [5.74, 6) is 1.05. The summed E-state index contributed by atoms with van der Waals surface area (Å²) in [7, 11) is 0. The highest BCUT2D eigenvalue weighted by atomic mass is 16.5. The normalized spacial score (nSPS) is 21.6. The Bertz CT molecular complexity index is 464. The lowest BCUT2D eigenvalue weighted by Crippen LogP contribution is -2.28. The van der Waals surface area contributed by atoms with Crippen LogP contribution in [0.1, 0.15) is 50.5 Å². The largest absolute Gasteiger partial charge is 0.490 e. The molecule has 1 aromatic rings. The van der Waals surface area contributed by atoms with Gasteiger partial charge in [0.1, 0.15) is 18.5 Å². The lowest BCUT2D eigenvalue weighted by atomic mass is 9.81. The molecular formula is C18H24O3. The van der Waals surface area contributed by atoms with E-state index in [2.05, 4.69) is 18.7 Å². The van der Waals surface area contributed by atoms with Gasteiger partial charge in [-0.1, -0.05) is 38.1 Å². The van der Waals surface area contributed by atoms with Gasteiger partial charge in [0, 0.05) is 12.3 Å². The van der Waals surface area contributed by atoms with Gasteiger partial charge in [0.25, 0.3) is 0 Å². The van der Waals surface area contributed by atoms with E-state index in [1.54, 1.807) is 6.08 Å². The molecule has 0 amide bonds. The van der Waals surface area contributed by atoms with Gasteiger partial charge >= 0.3 is 5.97 Å². The molecule has 0 saturated heterocycles. The van der Waals surface area contributed by atoms with Crippen LogP contribution in [0.25, 0.3) is 0 Å². The van der Waals surface area contributed by atoms with Crippen molar-refractivity contribution in [1.29, 1.82) is 0 Å². The van der Waals surface area contributed by atoms with Crippen LogP contribution in [-0.4, -0.2) is 18.7 Å². The lowest BCUT2D eigenvalue weighted by Gasteiger charge is -2.31. The molecular weight excluding hydrogens is 264 g/mol. The first-order valence-corrected chi connectivity index (χ1v) is 7.77. The van der Waals surface area contributed by atoms with Gasteiger partial charge in [0.05, 0.1) is 0 Å². The molecule has 1 aliphatic carbocycles. The average molecular weight is 288 g/mol. The zero-order valence-corrected chi connectivity index (χ0v) is 12.7. The van der Waals surface area contributed by atoms with Crippen molar-refractivity contribution in [1.82, 2.24) is 0 Å². The predicted molar refractivity (Wildman–Crippen MR) is 83.5 cm³/mol. The molecule has 0 radical (unpaired) electrons. The molecule has 1 saturated carbocycles. The first-order chi connectivity index (χ1) is 10.2. The summed E-state index contributed by atoms with van der Waals surface area (Å²) >= 11 is 0. The van der Waals surface area contributed by atoms with Crippen molar-refractivity contribution < 1.29 is 14.3 Å². The minimum absolute atomic E-state index is 0.0196. The molecule has 0 aromatic heterocycles. The van der Waals surface area contributed by atoms with E-state index in [-0.39, 0.29) is 12.1 Å². The summed E-state index contributed by atoms with van der Waals surface area (Å²) in [6.45, 7) is 5.99. The van der Waals surface area contributed by atoms with Crippen molar-refractivity contribution in [2.75, 3.05) is 6.61 Å². The molecule has 3 nitrogen and oxygen atoms in total. The van der Waals surface area contributed by atoms with Crippen LogP contribution in [0.5, 0.6) is 5.75 Å². The number of esters is 1. The molecule has 21 heavy (non-hydrogen) atoms. The number of rotatable bonds is 6. The van der Waals surface area contributed by atoms with E-state index in [0.29, 0.717) is 18.9 Å². The van der Waals surface area contributed by atoms with Crippen molar-refractivity contribution in [2.45, 2.75) is 51.0 Å². The van der Waals surface area contributed by atoms with Crippen LogP contribution in [-0.2, 0) is 9.53 Å². The van der Waals surface area contributed by atoms with Gasteiger partial charge in [-0.3, -0.25) is 4.79 Å². The fourth-order valence-corrected chi connectivity index (χ4v) is 2.84. The standard InChI is InChI=1S/C18H24O3/c1-3-13-20-15-11-9-14(10-12-15)16-7-5-6-8-17(16)21-18(19)4-2/h3,9-12,16-17H,1,4-8,13H2,2H3. The first kappa shape index (κ1) is 15.6. The molecule has 1 aromatic carbocycles. The highest BCUT2D eigenvalue weighted by Gasteiger charge is 2.29. The third-order valence-electron chi connectivity index (χ3n) is 3.95. The summed E-state index contributed by atoms with van der Waals surface area (Å²) in [5.41, 5.74) is 1.23. The molecule has 1 aliphatic rings. The quantitative estimate of drug-likeness (QED) is 0.580. The van der Waals surface area contributed by atoms with Crippen molar-refractivity contribution in [3.8, 4) is 5.75 Å². The summed E-state index contributed by atoms with van der Waals surface area (Å²) < 4.78 is 11.1. The number of ether oxygens (including phenoxy) is 2. The summed E-state index contributed by atoms with van der Waals surface area (Å²) in [4.78, 5) is 11.6. The Morgan fingerprint density at radius 2 is 2.00 bits per heavy atom. The number of carbonyl (C=O) groups excluding carboxylic acids is 1. The van der Waals surface area contributed by atoms with E-state index in [0.717, 1.165) is 25.0 Å². The number of hydrogen-bond acceptors (Lipinski definition) is 3. The van der Waals surface area contributed by atoms with Gasteiger partial charge in [0.15, 0.2) is 0 Å². The SMILES string of the molecule is C=CCOc1ccc(C2CCCCC2OC(=O)CC)cc1. The highest BCUT2D eigenvalue weighted by molar-refractivity contribution is 5.69. The minimum atomic E-state index is -0.0992. The van der Waals surface area contributed by atoms with E-state index < -0.39 is 0 Å². The Morgan fingerprint density at radius 1 is 1.29 bits per heavy atom. The highest BCUT2D eigenvalue weighted by Crippen LogP contribution is 2.35. The van der Waals surface area contributed by atoms with Gasteiger partial charge in [-0.05, 0) is 37.0 Å². The maximum atomic E-state index is 11.6. The first-order valence-electron chi connectivity index (χ1n) is 7.77. The maximum absolute atomic E-state index is 11.6. The molecule has 0 bridgehead atoms. The summed E-state index contributed by atoms with van der Waals surface area (Å²) in [6.07, 6.45) is 6.57. The van der Waals surface area contributed by atoms with Crippen molar-refractivity contribution in [2.24, 2.45) is 0 Å².